The number of ether oxygens (including phenoxy) is 2. The molecule has 2 unspecified atom stereocenters. The van der Waals surface area contributed by atoms with E-state index in [4.69, 9.17) is 21.1 Å². The van der Waals surface area contributed by atoms with Crippen LogP contribution >= 0.6 is 11.6 Å². The Morgan fingerprint density at radius 3 is 2.45 bits per heavy atom. The van der Waals surface area contributed by atoms with Crippen LogP contribution < -0.4 is 15.1 Å². The molecule has 0 saturated carbocycles. The van der Waals surface area contributed by atoms with Crippen molar-refractivity contribution in [2.45, 2.75) is 69.6 Å². The third-order valence-corrected chi connectivity index (χ3v) is 9.26. The number of carbonyl (C=O) groups excluding carboxylic acids is 3. The molecule has 4 aliphatic rings. The number of rotatable bonds is 5. The van der Waals surface area contributed by atoms with E-state index in [1.54, 1.807) is 4.90 Å². The van der Waals surface area contributed by atoms with Gasteiger partial charge in [0.1, 0.15) is 33.9 Å². The molecule has 2 N–H and O–H groups in total. The summed E-state index contributed by atoms with van der Waals surface area (Å²) in [6.07, 6.45) is -3.70. The zero-order chi connectivity index (χ0) is 37.7. The first-order chi connectivity index (χ1) is 23.6. The number of halogens is 6. The molecule has 0 radical (unpaired) electrons. The summed E-state index contributed by atoms with van der Waals surface area (Å²) in [6, 6.07) is 0.996. The number of aliphatic hydroxyl groups is 1. The van der Waals surface area contributed by atoms with Crippen LogP contribution in [-0.2, 0) is 20.4 Å². The average Bonchev–Trinajstić information content (AvgIpc) is 3.28. The molecular weight excluding hydrogens is 707 g/mol. The molecule has 4 amide bonds. The number of aromatic nitrogens is 1. The Morgan fingerprint density at radius 1 is 1.20 bits per heavy atom. The highest BCUT2D eigenvalue weighted by atomic mass is 35.5. The number of amides is 4. The van der Waals surface area contributed by atoms with E-state index in [0.29, 0.717) is 25.6 Å². The number of β-amino-alcohol motifs (C(OH)–C–C–N with tert-alkyl or cyclic N) is 1. The number of aryl methyl sites for hydroxylation is 1. The average molecular weight is 747 g/mol. The van der Waals surface area contributed by atoms with Crippen molar-refractivity contribution in [3.8, 4) is 0 Å². The molecule has 4 fully saturated rings. The molecule has 1 spiro atoms. The molecule has 18 heteroatoms. The normalized spacial score (nSPS) is 24.6. The molecule has 3 atom stereocenters. The standard InChI is InChI=1S/C23H23ClF5N5O3.C10H17NO3/c1-12-7-13(23(27,28)29)8-17(31-12)34-16(9-33(21(34)36)11-22(37)5-6-30-10-22)20(35)32(2)15-4-3-14(25)18(24)19(15)26;1-9(2,3)14-8(12)11-5-4-10(6-11)7-13-10/h3-4,7-8,16,30,37H,5-6,9-11H2,1-2H3;4-7H2,1-3H3/t16-,22?;/m0./s1. The maximum Gasteiger partial charge on any atom is 0.416 e. The van der Waals surface area contributed by atoms with E-state index in [2.05, 4.69) is 10.3 Å². The predicted molar refractivity (Wildman–Crippen MR) is 176 cm³/mol. The molecule has 280 valence electrons. The van der Waals surface area contributed by atoms with E-state index in [1.165, 1.54) is 14.0 Å². The van der Waals surface area contributed by atoms with E-state index < -0.39 is 69.1 Å². The zero-order valence-corrected chi connectivity index (χ0v) is 29.5. The number of urea groups is 1. The van der Waals surface area contributed by atoms with E-state index in [1.807, 2.05) is 20.8 Å². The number of anilines is 2. The fraction of sp³-hybridized carbons (Fsp3) is 0.576. The molecule has 1 aromatic carbocycles. The van der Waals surface area contributed by atoms with Gasteiger partial charge in [-0.15, -0.1) is 0 Å². The van der Waals surface area contributed by atoms with Crippen molar-refractivity contribution in [2.24, 2.45) is 0 Å². The number of hydrogen-bond acceptors (Lipinski definition) is 8. The highest BCUT2D eigenvalue weighted by Crippen LogP contribution is 2.38. The van der Waals surface area contributed by atoms with Crippen LogP contribution in [-0.4, -0.2) is 114 Å². The summed E-state index contributed by atoms with van der Waals surface area (Å²) in [5.74, 6) is -3.58. The number of nitrogens with zero attached hydrogens (tertiary/aromatic N) is 5. The third-order valence-electron chi connectivity index (χ3n) is 8.91. The zero-order valence-electron chi connectivity index (χ0n) is 28.7. The maximum atomic E-state index is 14.7. The Kier molecular flexibility index (Phi) is 10.5. The van der Waals surface area contributed by atoms with Crippen LogP contribution in [0.4, 0.5) is 43.0 Å². The van der Waals surface area contributed by atoms with Crippen molar-refractivity contribution >= 4 is 41.1 Å². The van der Waals surface area contributed by atoms with Crippen LogP contribution in [0.3, 0.4) is 0 Å². The second kappa shape index (κ2) is 14.0. The Balaban J connectivity index is 0.000000299. The van der Waals surface area contributed by atoms with Gasteiger partial charge in [0.2, 0.25) is 0 Å². The Hall–Kier alpha value is -3.80. The first-order valence-corrected chi connectivity index (χ1v) is 16.6. The van der Waals surface area contributed by atoms with Crippen LogP contribution in [0.1, 0.15) is 44.9 Å². The SMILES string of the molecule is CC(C)(C)OC(=O)N1CCC2(CO2)C1.Cc1cc(C(F)(F)F)cc(N2C(=O)N(CC3(O)CCNC3)C[C@H]2C(=O)N(C)c2ccc(F)c(Cl)c2F)n1. The Labute approximate surface area is 296 Å². The number of carbonyl (C=O) groups is 3. The summed E-state index contributed by atoms with van der Waals surface area (Å²) in [5.41, 5.74) is -3.23. The first kappa shape index (κ1) is 38.4. The summed E-state index contributed by atoms with van der Waals surface area (Å²) < 4.78 is 79.4. The lowest BCUT2D eigenvalue weighted by Crippen LogP contribution is -2.47. The van der Waals surface area contributed by atoms with Gasteiger partial charge in [-0.05, 0) is 71.3 Å². The fourth-order valence-electron chi connectivity index (χ4n) is 6.17. The van der Waals surface area contributed by atoms with Crippen molar-refractivity contribution in [3.63, 3.8) is 0 Å². The second-order valence-corrected chi connectivity index (χ2v) is 14.6. The molecular formula is C33H40ClF5N6O6. The van der Waals surface area contributed by atoms with Crippen LogP contribution in [0.5, 0.6) is 0 Å². The van der Waals surface area contributed by atoms with Gasteiger partial charge in [0.15, 0.2) is 5.82 Å². The van der Waals surface area contributed by atoms with Crippen LogP contribution in [0.2, 0.25) is 5.02 Å². The largest absolute Gasteiger partial charge is 0.444 e. The van der Waals surface area contributed by atoms with Gasteiger partial charge in [-0.25, -0.2) is 23.4 Å². The summed E-state index contributed by atoms with van der Waals surface area (Å²) in [6.45, 7) is 9.35. The minimum atomic E-state index is -4.75. The van der Waals surface area contributed by atoms with Crippen molar-refractivity contribution in [1.82, 2.24) is 20.1 Å². The lowest BCUT2D eigenvalue weighted by molar-refractivity contribution is -0.137. The van der Waals surface area contributed by atoms with Gasteiger partial charge in [-0.2, -0.15) is 13.2 Å². The van der Waals surface area contributed by atoms with Gasteiger partial charge in [-0.1, -0.05) is 11.6 Å². The summed E-state index contributed by atoms with van der Waals surface area (Å²) in [7, 11) is 1.17. The molecule has 5 heterocycles. The van der Waals surface area contributed by atoms with Gasteiger partial charge in [0, 0.05) is 25.8 Å². The third kappa shape index (κ3) is 8.64. The molecule has 12 nitrogen and oxygen atoms in total. The minimum absolute atomic E-state index is 0.00307. The molecule has 6 rings (SSSR count). The minimum Gasteiger partial charge on any atom is -0.444 e. The van der Waals surface area contributed by atoms with Crippen molar-refractivity contribution < 1.29 is 50.9 Å². The van der Waals surface area contributed by atoms with Crippen molar-refractivity contribution in [3.05, 3.63) is 52.2 Å². The molecule has 0 bridgehead atoms. The van der Waals surface area contributed by atoms with Crippen LogP contribution in [0.25, 0.3) is 0 Å². The molecule has 0 aliphatic carbocycles. The van der Waals surface area contributed by atoms with E-state index >= 15 is 0 Å². The number of benzene rings is 1. The van der Waals surface area contributed by atoms with Crippen LogP contribution in [0, 0.1) is 18.6 Å². The van der Waals surface area contributed by atoms with Crippen molar-refractivity contribution in [1.29, 1.82) is 0 Å². The van der Waals surface area contributed by atoms with E-state index in [-0.39, 0.29) is 37.0 Å². The van der Waals surface area contributed by atoms with Crippen molar-refractivity contribution in [2.75, 3.05) is 62.7 Å². The van der Waals surface area contributed by atoms with Gasteiger partial charge < -0.3 is 34.6 Å². The molecule has 4 aliphatic heterocycles. The van der Waals surface area contributed by atoms with Gasteiger partial charge in [0.25, 0.3) is 5.91 Å². The summed E-state index contributed by atoms with van der Waals surface area (Å²) >= 11 is 5.64. The molecule has 2 aromatic rings. The second-order valence-electron chi connectivity index (χ2n) is 14.3. The number of pyridine rings is 1. The lowest BCUT2D eigenvalue weighted by atomic mass is 10.0. The predicted octanol–water partition coefficient (Wildman–Crippen LogP) is 4.73. The van der Waals surface area contributed by atoms with Gasteiger partial charge in [-0.3, -0.25) is 9.69 Å². The van der Waals surface area contributed by atoms with Gasteiger partial charge in [0.05, 0.1) is 43.1 Å². The maximum absolute atomic E-state index is 14.7. The highest BCUT2D eigenvalue weighted by Gasteiger charge is 2.52. The molecule has 51 heavy (non-hydrogen) atoms. The first-order valence-electron chi connectivity index (χ1n) is 16.2. The topological polar surface area (TPSA) is 131 Å². The number of hydrogen-bond donors (Lipinski definition) is 2. The van der Waals surface area contributed by atoms with E-state index in [9.17, 15) is 41.4 Å². The smallest absolute Gasteiger partial charge is 0.416 e. The summed E-state index contributed by atoms with van der Waals surface area (Å²) in [5, 5.41) is 12.9. The van der Waals surface area contributed by atoms with Crippen LogP contribution in [0.15, 0.2) is 24.3 Å². The number of likely N-dealkylation sites (N-methyl/N-ethyl adjacent to an activating group) is 1. The highest BCUT2D eigenvalue weighted by molar-refractivity contribution is 6.31. The lowest BCUT2D eigenvalue weighted by Gasteiger charge is -2.27. The van der Waals surface area contributed by atoms with Gasteiger partial charge >= 0.3 is 18.3 Å². The molecule has 4 saturated heterocycles. The van der Waals surface area contributed by atoms with E-state index in [0.717, 1.165) is 52.5 Å². The quantitative estimate of drug-likeness (QED) is 0.255. The summed E-state index contributed by atoms with van der Waals surface area (Å²) in [4.78, 5) is 47.1. The fourth-order valence-corrected chi connectivity index (χ4v) is 6.33. The number of likely N-dealkylation sites (tertiary alicyclic amines) is 1. The number of alkyl halides is 3. The number of epoxide rings is 1. The Bertz CT molecular complexity index is 1680. The monoisotopic (exact) mass is 746 g/mol. The number of nitrogens with one attached hydrogen (secondary N) is 1. The Morgan fingerprint density at radius 2 is 1.88 bits per heavy atom. The molecule has 1 aromatic heterocycles.